The first-order chi connectivity index (χ1) is 10.0. The first-order valence-corrected chi connectivity index (χ1v) is 7.28. The van der Waals surface area contributed by atoms with E-state index in [1.165, 1.54) is 23.5 Å². The topological polar surface area (TPSA) is 98.0 Å². The van der Waals surface area contributed by atoms with Crippen LogP contribution in [-0.4, -0.2) is 21.0 Å². The first-order valence-electron chi connectivity index (χ1n) is 6.09. The van der Waals surface area contributed by atoms with Gasteiger partial charge in [-0.3, -0.25) is 20.2 Å². The van der Waals surface area contributed by atoms with Crippen molar-refractivity contribution in [3.05, 3.63) is 43.9 Å². The molecular formula is C12H11ClN4O3S. The number of halogens is 1. The number of rotatable bonds is 5. The first kappa shape index (κ1) is 15.3. The molecule has 0 bridgehead atoms. The highest BCUT2D eigenvalue weighted by Crippen LogP contribution is 2.24. The number of hydrogen-bond acceptors (Lipinski definition) is 6. The van der Waals surface area contributed by atoms with E-state index in [-0.39, 0.29) is 16.3 Å². The Bertz CT molecular complexity index is 689. The molecule has 2 aromatic rings. The fraction of sp³-hybridized carbons (Fsp3) is 0.250. The molecule has 0 aliphatic rings. The monoisotopic (exact) mass is 326 g/mol. The lowest BCUT2D eigenvalue weighted by Crippen LogP contribution is -2.12. The number of anilines is 1. The lowest BCUT2D eigenvalue weighted by Gasteiger charge is -2.03. The van der Waals surface area contributed by atoms with Crippen molar-refractivity contribution < 1.29 is 9.72 Å². The van der Waals surface area contributed by atoms with Crippen LogP contribution in [0, 0.1) is 10.1 Å². The minimum absolute atomic E-state index is 0.0139. The number of nitrogens with zero attached hydrogens (tertiary/aromatic N) is 3. The summed E-state index contributed by atoms with van der Waals surface area (Å²) in [6, 6.07) is 3.67. The average Bonchev–Trinajstić information content (AvgIpc) is 2.86. The summed E-state index contributed by atoms with van der Waals surface area (Å²) in [5, 5.41) is 22.2. The molecule has 0 aliphatic carbocycles. The number of hydrogen-bond donors (Lipinski definition) is 1. The van der Waals surface area contributed by atoms with E-state index in [9.17, 15) is 14.9 Å². The Kier molecular flexibility index (Phi) is 4.81. The number of aromatic nitrogens is 2. The van der Waals surface area contributed by atoms with E-state index < -0.39 is 10.8 Å². The summed E-state index contributed by atoms with van der Waals surface area (Å²) >= 11 is 7.18. The Morgan fingerprint density at radius 2 is 2.24 bits per heavy atom. The minimum Gasteiger partial charge on any atom is -0.296 e. The van der Waals surface area contributed by atoms with E-state index in [1.807, 2.05) is 6.92 Å². The lowest BCUT2D eigenvalue weighted by atomic mass is 10.2. The number of amides is 1. The highest BCUT2D eigenvalue weighted by molar-refractivity contribution is 7.15. The predicted molar refractivity (Wildman–Crippen MR) is 80.0 cm³/mol. The molecule has 0 saturated heterocycles. The molecule has 110 valence electrons. The van der Waals surface area contributed by atoms with Gasteiger partial charge in [-0.25, -0.2) is 0 Å². The van der Waals surface area contributed by atoms with E-state index >= 15 is 0 Å². The summed E-state index contributed by atoms with van der Waals surface area (Å²) < 4.78 is 0. The average molecular weight is 327 g/mol. The molecule has 2 rings (SSSR count). The predicted octanol–water partition coefficient (Wildman–Crippen LogP) is 3.30. The number of nitro benzene ring substituents is 1. The fourth-order valence-corrected chi connectivity index (χ4v) is 2.68. The van der Waals surface area contributed by atoms with Crippen LogP contribution in [0.2, 0.25) is 5.02 Å². The summed E-state index contributed by atoms with van der Waals surface area (Å²) in [7, 11) is 0. The van der Waals surface area contributed by atoms with E-state index in [2.05, 4.69) is 15.5 Å². The van der Waals surface area contributed by atoms with Crippen LogP contribution in [-0.2, 0) is 6.42 Å². The molecule has 9 heteroatoms. The van der Waals surface area contributed by atoms with Crippen LogP contribution in [0.5, 0.6) is 0 Å². The molecule has 1 aromatic heterocycles. The molecule has 0 radical (unpaired) electrons. The van der Waals surface area contributed by atoms with Crippen LogP contribution in [0.15, 0.2) is 18.2 Å². The number of non-ortho nitro benzene ring substituents is 1. The second-order valence-electron chi connectivity index (χ2n) is 4.13. The number of nitrogens with one attached hydrogen (secondary N) is 1. The lowest BCUT2D eigenvalue weighted by molar-refractivity contribution is -0.384. The molecular weight excluding hydrogens is 316 g/mol. The van der Waals surface area contributed by atoms with Gasteiger partial charge < -0.3 is 0 Å². The number of benzene rings is 1. The van der Waals surface area contributed by atoms with Gasteiger partial charge in [0.05, 0.1) is 15.5 Å². The molecule has 21 heavy (non-hydrogen) atoms. The molecule has 1 N–H and O–H groups in total. The summed E-state index contributed by atoms with van der Waals surface area (Å²) in [6.07, 6.45) is 1.74. The third-order valence-corrected chi connectivity index (χ3v) is 3.77. The van der Waals surface area contributed by atoms with Crippen molar-refractivity contribution in [2.75, 3.05) is 5.32 Å². The Balaban J connectivity index is 2.14. The van der Waals surface area contributed by atoms with Crippen molar-refractivity contribution in [3.63, 3.8) is 0 Å². The van der Waals surface area contributed by atoms with Crippen molar-refractivity contribution in [1.29, 1.82) is 0 Å². The van der Waals surface area contributed by atoms with Crippen LogP contribution in [0.1, 0.15) is 28.7 Å². The molecule has 0 fully saturated rings. The normalized spacial score (nSPS) is 10.4. The smallest absolute Gasteiger partial charge is 0.270 e. The van der Waals surface area contributed by atoms with Crippen molar-refractivity contribution >= 4 is 39.7 Å². The maximum atomic E-state index is 12.1. The van der Waals surface area contributed by atoms with Gasteiger partial charge in [-0.2, -0.15) is 0 Å². The zero-order chi connectivity index (χ0) is 15.4. The number of aryl methyl sites for hydroxylation is 1. The van der Waals surface area contributed by atoms with Gasteiger partial charge in [0.25, 0.3) is 11.6 Å². The quantitative estimate of drug-likeness (QED) is 0.671. The summed E-state index contributed by atoms with van der Waals surface area (Å²) in [5.74, 6) is -0.478. The summed E-state index contributed by atoms with van der Waals surface area (Å²) in [6.45, 7) is 2.02. The van der Waals surface area contributed by atoms with Gasteiger partial charge in [-0.05, 0) is 12.5 Å². The molecule has 1 amide bonds. The highest BCUT2D eigenvalue weighted by Gasteiger charge is 2.16. The van der Waals surface area contributed by atoms with Crippen molar-refractivity contribution in [1.82, 2.24) is 10.2 Å². The van der Waals surface area contributed by atoms with Gasteiger partial charge >= 0.3 is 0 Å². The molecule has 1 aromatic carbocycles. The van der Waals surface area contributed by atoms with E-state index in [1.54, 1.807) is 0 Å². The third kappa shape index (κ3) is 3.73. The second-order valence-corrected chi connectivity index (χ2v) is 5.60. The Morgan fingerprint density at radius 1 is 1.48 bits per heavy atom. The van der Waals surface area contributed by atoms with Gasteiger partial charge in [-0.15, -0.1) is 10.2 Å². The van der Waals surface area contributed by atoms with Gasteiger partial charge in [0.15, 0.2) is 0 Å². The van der Waals surface area contributed by atoms with Crippen molar-refractivity contribution in [3.8, 4) is 0 Å². The second kappa shape index (κ2) is 6.59. The van der Waals surface area contributed by atoms with Crippen LogP contribution < -0.4 is 5.32 Å². The molecule has 7 nitrogen and oxygen atoms in total. The molecule has 0 spiro atoms. The molecule has 0 atom stereocenters. The van der Waals surface area contributed by atoms with E-state index in [0.29, 0.717) is 5.13 Å². The van der Waals surface area contributed by atoms with Crippen LogP contribution in [0.25, 0.3) is 0 Å². The van der Waals surface area contributed by atoms with Gasteiger partial charge in [-0.1, -0.05) is 29.9 Å². The van der Waals surface area contributed by atoms with Crippen molar-refractivity contribution in [2.24, 2.45) is 0 Å². The molecule has 1 heterocycles. The Morgan fingerprint density at radius 3 is 2.86 bits per heavy atom. The SMILES string of the molecule is CCCc1nnc(NC(=O)c2ccc([N+](=O)[O-])cc2Cl)s1. The maximum absolute atomic E-state index is 12.1. The van der Waals surface area contributed by atoms with Crippen LogP contribution in [0.4, 0.5) is 10.8 Å². The molecule has 0 unspecified atom stereocenters. The standard InChI is InChI=1S/C12H11ClN4O3S/c1-2-3-10-15-16-12(21-10)14-11(18)8-5-4-7(17(19)20)6-9(8)13/h4-6H,2-3H2,1H3,(H,14,16,18). The van der Waals surface area contributed by atoms with Gasteiger partial charge in [0, 0.05) is 18.6 Å². The van der Waals surface area contributed by atoms with Crippen LogP contribution >= 0.6 is 22.9 Å². The Labute approximate surface area is 129 Å². The maximum Gasteiger partial charge on any atom is 0.270 e. The van der Waals surface area contributed by atoms with Crippen molar-refractivity contribution in [2.45, 2.75) is 19.8 Å². The minimum atomic E-state index is -0.574. The molecule has 0 aliphatic heterocycles. The molecule has 0 saturated carbocycles. The number of carbonyl (C=O) groups is 1. The van der Waals surface area contributed by atoms with Crippen LogP contribution in [0.3, 0.4) is 0 Å². The third-order valence-electron chi connectivity index (χ3n) is 2.56. The zero-order valence-electron chi connectivity index (χ0n) is 11.0. The Hall–Kier alpha value is -2.06. The highest BCUT2D eigenvalue weighted by atomic mass is 35.5. The summed E-state index contributed by atoms with van der Waals surface area (Å²) in [4.78, 5) is 22.1. The van der Waals surface area contributed by atoms with E-state index in [4.69, 9.17) is 11.6 Å². The largest absolute Gasteiger partial charge is 0.296 e. The van der Waals surface area contributed by atoms with Gasteiger partial charge in [0.2, 0.25) is 5.13 Å². The zero-order valence-corrected chi connectivity index (χ0v) is 12.6. The number of carbonyl (C=O) groups excluding carboxylic acids is 1. The number of nitro groups is 1. The van der Waals surface area contributed by atoms with E-state index in [0.717, 1.165) is 23.9 Å². The summed E-state index contributed by atoms with van der Waals surface area (Å²) in [5.41, 5.74) is -0.0211. The fourth-order valence-electron chi connectivity index (χ4n) is 1.59. The van der Waals surface area contributed by atoms with Gasteiger partial charge in [0.1, 0.15) is 5.01 Å².